The number of unbranched alkanes of at least 4 members (excludes halogenated alkanes) is 4. The van der Waals surface area contributed by atoms with Gasteiger partial charge in [0.1, 0.15) is 5.60 Å². The van der Waals surface area contributed by atoms with E-state index in [1.807, 2.05) is 7.11 Å². The standard InChI is InChI=1S/C48H74O/c1-5-8-10-13-40-20-24-43(25-21-40)45-28-34-47(35-29-45,32-11-9-6-2)33-26-41-14-16-42(17-15-41)27-36-48(49-4)37-30-46(31-38-48)44-22-18-39(12-7-3)19-23-44/h14-17,39-40,43-46H,5-13,18-25,28-32,34-35,37-38H2,1-4H3. The van der Waals surface area contributed by atoms with E-state index in [-0.39, 0.29) is 11.0 Å². The van der Waals surface area contributed by atoms with E-state index in [0.29, 0.717) is 0 Å². The Hall–Kier alpha value is -1.70. The Kier molecular flexibility index (Phi) is 15.6. The molecule has 5 rings (SSSR count). The first kappa shape index (κ1) is 38.5. The zero-order valence-corrected chi connectivity index (χ0v) is 32.6. The average Bonchev–Trinajstić information content (AvgIpc) is 3.15. The van der Waals surface area contributed by atoms with E-state index in [1.54, 1.807) is 0 Å². The lowest BCUT2D eigenvalue weighted by molar-refractivity contribution is -0.0127. The van der Waals surface area contributed by atoms with Crippen LogP contribution >= 0.6 is 0 Å². The molecule has 0 heterocycles. The van der Waals surface area contributed by atoms with Crippen molar-refractivity contribution in [3.8, 4) is 23.7 Å². The molecule has 0 N–H and O–H groups in total. The third-order valence-corrected chi connectivity index (χ3v) is 14.3. The van der Waals surface area contributed by atoms with E-state index in [4.69, 9.17) is 4.74 Å². The summed E-state index contributed by atoms with van der Waals surface area (Å²) in [7, 11) is 1.88. The van der Waals surface area contributed by atoms with Gasteiger partial charge < -0.3 is 4.74 Å². The highest BCUT2D eigenvalue weighted by molar-refractivity contribution is 5.43. The summed E-state index contributed by atoms with van der Waals surface area (Å²) in [6.07, 6.45) is 35.8. The number of hydrogen-bond acceptors (Lipinski definition) is 1. The summed E-state index contributed by atoms with van der Waals surface area (Å²) >= 11 is 0. The lowest BCUT2D eigenvalue weighted by Gasteiger charge is -2.41. The lowest BCUT2D eigenvalue weighted by atomic mass is 9.63. The minimum Gasteiger partial charge on any atom is -0.366 e. The molecule has 1 aromatic rings. The molecule has 0 atom stereocenters. The number of methoxy groups -OCH3 is 1. The van der Waals surface area contributed by atoms with Gasteiger partial charge in [-0.25, -0.2) is 0 Å². The zero-order chi connectivity index (χ0) is 34.4. The molecule has 0 aliphatic heterocycles. The van der Waals surface area contributed by atoms with Gasteiger partial charge in [0, 0.05) is 23.7 Å². The molecule has 0 saturated heterocycles. The molecule has 0 aromatic heterocycles. The van der Waals surface area contributed by atoms with Crippen LogP contribution in [0.1, 0.15) is 199 Å². The van der Waals surface area contributed by atoms with E-state index in [2.05, 4.69) is 68.7 Å². The van der Waals surface area contributed by atoms with E-state index in [9.17, 15) is 0 Å². The highest BCUT2D eigenvalue weighted by Crippen LogP contribution is 2.48. The van der Waals surface area contributed by atoms with Gasteiger partial charge in [0.05, 0.1) is 0 Å². The number of ether oxygens (including phenoxy) is 1. The SMILES string of the molecule is CCCCCC1CCC(C2CCC(C#Cc3ccc(C#CC4(OC)CCC(C5CCC(CCC)CC5)CC4)cc3)(CCCCC)CC2)CC1. The van der Waals surface area contributed by atoms with Crippen LogP contribution in [0.2, 0.25) is 0 Å². The highest BCUT2D eigenvalue weighted by atomic mass is 16.5. The van der Waals surface area contributed by atoms with Crippen molar-refractivity contribution in [2.75, 3.05) is 7.11 Å². The topological polar surface area (TPSA) is 9.23 Å². The van der Waals surface area contributed by atoms with Gasteiger partial charge in [0.25, 0.3) is 0 Å². The van der Waals surface area contributed by atoms with Crippen LogP contribution in [-0.2, 0) is 4.74 Å². The average molecular weight is 667 g/mol. The second-order valence-electron chi connectivity index (χ2n) is 17.5. The number of hydrogen-bond donors (Lipinski definition) is 0. The molecular weight excluding hydrogens is 593 g/mol. The second-order valence-corrected chi connectivity index (χ2v) is 17.5. The van der Waals surface area contributed by atoms with Gasteiger partial charge in [0.2, 0.25) is 0 Å². The number of benzene rings is 1. The maximum absolute atomic E-state index is 6.14. The van der Waals surface area contributed by atoms with Crippen molar-refractivity contribution in [2.45, 2.75) is 193 Å². The van der Waals surface area contributed by atoms with Crippen LogP contribution < -0.4 is 0 Å². The molecular formula is C48H74O. The van der Waals surface area contributed by atoms with Gasteiger partial charge in [-0.05, 0) is 143 Å². The van der Waals surface area contributed by atoms with Crippen molar-refractivity contribution >= 4 is 0 Å². The Bertz CT molecular complexity index is 1190. The summed E-state index contributed by atoms with van der Waals surface area (Å²) in [5.41, 5.74) is 2.20. The first-order valence-corrected chi connectivity index (χ1v) is 21.7. The molecule has 49 heavy (non-hydrogen) atoms. The van der Waals surface area contributed by atoms with Crippen LogP contribution in [0.15, 0.2) is 24.3 Å². The molecule has 272 valence electrons. The quantitative estimate of drug-likeness (QED) is 0.150. The largest absolute Gasteiger partial charge is 0.366 e. The van der Waals surface area contributed by atoms with Crippen molar-refractivity contribution in [1.82, 2.24) is 0 Å². The number of rotatable bonds is 13. The molecule has 1 nitrogen and oxygen atoms in total. The fraction of sp³-hybridized carbons (Fsp3) is 0.792. The molecule has 4 aliphatic carbocycles. The third kappa shape index (κ3) is 11.4. The predicted molar refractivity (Wildman–Crippen MR) is 210 cm³/mol. The maximum atomic E-state index is 6.14. The lowest BCUT2D eigenvalue weighted by Crippen LogP contribution is -2.37. The zero-order valence-electron chi connectivity index (χ0n) is 32.6. The van der Waals surface area contributed by atoms with Gasteiger partial charge in [-0.1, -0.05) is 128 Å². The van der Waals surface area contributed by atoms with Crippen LogP contribution in [-0.4, -0.2) is 12.7 Å². The summed E-state index contributed by atoms with van der Waals surface area (Å²) in [5.74, 6) is 20.5. The molecule has 4 saturated carbocycles. The summed E-state index contributed by atoms with van der Waals surface area (Å²) in [6.45, 7) is 7.01. The van der Waals surface area contributed by atoms with Crippen LogP contribution in [0.25, 0.3) is 0 Å². The smallest absolute Gasteiger partial charge is 0.128 e. The van der Waals surface area contributed by atoms with Gasteiger partial charge in [0.15, 0.2) is 0 Å². The van der Waals surface area contributed by atoms with E-state index in [1.165, 1.54) is 154 Å². The monoisotopic (exact) mass is 667 g/mol. The fourth-order valence-corrected chi connectivity index (χ4v) is 10.8. The Morgan fingerprint density at radius 3 is 1.51 bits per heavy atom. The van der Waals surface area contributed by atoms with Crippen LogP contribution in [0, 0.1) is 64.6 Å². The Morgan fingerprint density at radius 2 is 1.00 bits per heavy atom. The minimum atomic E-state index is -0.272. The van der Waals surface area contributed by atoms with Crippen molar-refractivity contribution in [3.05, 3.63) is 35.4 Å². The van der Waals surface area contributed by atoms with Crippen LogP contribution in [0.4, 0.5) is 0 Å². The van der Waals surface area contributed by atoms with Crippen molar-refractivity contribution in [3.63, 3.8) is 0 Å². The molecule has 1 aromatic carbocycles. The molecule has 0 amide bonds. The van der Waals surface area contributed by atoms with Gasteiger partial charge in [-0.2, -0.15) is 0 Å². The van der Waals surface area contributed by atoms with Crippen molar-refractivity contribution in [1.29, 1.82) is 0 Å². The van der Waals surface area contributed by atoms with Gasteiger partial charge >= 0.3 is 0 Å². The summed E-state index contributed by atoms with van der Waals surface area (Å²) in [5, 5.41) is 0. The second kappa shape index (κ2) is 19.8. The Labute approximate surface area is 304 Å². The Morgan fingerprint density at radius 1 is 0.531 bits per heavy atom. The van der Waals surface area contributed by atoms with Crippen LogP contribution in [0.3, 0.4) is 0 Å². The molecule has 0 unspecified atom stereocenters. The minimum absolute atomic E-state index is 0.222. The third-order valence-electron chi connectivity index (χ3n) is 14.3. The van der Waals surface area contributed by atoms with Crippen LogP contribution in [0.5, 0.6) is 0 Å². The summed E-state index contributed by atoms with van der Waals surface area (Å²) < 4.78 is 6.14. The predicted octanol–water partition coefficient (Wildman–Crippen LogP) is 13.7. The first-order chi connectivity index (χ1) is 24.0. The molecule has 1 heteroatoms. The molecule has 0 radical (unpaired) electrons. The van der Waals surface area contributed by atoms with Gasteiger partial charge in [-0.3, -0.25) is 0 Å². The maximum Gasteiger partial charge on any atom is 0.128 e. The molecule has 4 aliphatic rings. The molecule has 4 fully saturated rings. The highest BCUT2D eigenvalue weighted by Gasteiger charge is 2.39. The summed E-state index contributed by atoms with van der Waals surface area (Å²) in [6, 6.07) is 8.82. The van der Waals surface area contributed by atoms with Gasteiger partial charge in [-0.15, -0.1) is 0 Å². The summed E-state index contributed by atoms with van der Waals surface area (Å²) in [4.78, 5) is 0. The van der Waals surface area contributed by atoms with E-state index >= 15 is 0 Å². The van der Waals surface area contributed by atoms with E-state index < -0.39 is 0 Å². The van der Waals surface area contributed by atoms with Crippen molar-refractivity contribution in [2.24, 2.45) is 40.9 Å². The molecule has 0 bridgehead atoms. The first-order valence-electron chi connectivity index (χ1n) is 21.7. The van der Waals surface area contributed by atoms with Crippen molar-refractivity contribution < 1.29 is 4.74 Å². The van der Waals surface area contributed by atoms with E-state index in [0.717, 1.165) is 59.5 Å². The normalized spacial score (nSPS) is 33.6. The Balaban J connectivity index is 1.13. The molecule has 0 spiro atoms. The fourth-order valence-electron chi connectivity index (χ4n) is 10.8.